The van der Waals surface area contributed by atoms with Crippen molar-refractivity contribution in [3.05, 3.63) is 28.8 Å². The van der Waals surface area contributed by atoms with Gasteiger partial charge in [0.25, 0.3) is 0 Å². The van der Waals surface area contributed by atoms with Gasteiger partial charge in [-0.25, -0.2) is 17.9 Å². The second-order valence-corrected chi connectivity index (χ2v) is 6.06. The molecular formula is C12H18Cl2N2O4S. The zero-order valence-corrected chi connectivity index (χ0v) is 14.1. The Bertz CT molecular complexity index is 579. The molecule has 0 bridgehead atoms. The minimum atomic E-state index is -3.64. The van der Waals surface area contributed by atoms with Crippen LogP contribution in [0, 0.1) is 0 Å². The van der Waals surface area contributed by atoms with E-state index in [0.29, 0.717) is 6.54 Å². The van der Waals surface area contributed by atoms with E-state index in [4.69, 9.17) is 11.6 Å². The number of halogens is 2. The zero-order valence-electron chi connectivity index (χ0n) is 11.7. The molecule has 120 valence electrons. The number of hydrogen-bond acceptors (Lipinski definition) is 5. The maximum atomic E-state index is 12.0. The van der Waals surface area contributed by atoms with Crippen molar-refractivity contribution < 1.29 is 17.9 Å². The SMILES string of the molecule is CCNCCNS(=O)(=O)c1ccc(C(=O)OC)c(Cl)c1.Cl. The monoisotopic (exact) mass is 356 g/mol. The van der Waals surface area contributed by atoms with Crippen molar-refractivity contribution in [2.45, 2.75) is 11.8 Å². The van der Waals surface area contributed by atoms with Gasteiger partial charge in [0.1, 0.15) is 0 Å². The normalized spacial score (nSPS) is 10.8. The number of methoxy groups -OCH3 is 1. The number of rotatable bonds is 7. The van der Waals surface area contributed by atoms with Crippen LogP contribution >= 0.6 is 24.0 Å². The Balaban J connectivity index is 0.00000400. The molecule has 0 unspecified atom stereocenters. The molecule has 0 amide bonds. The van der Waals surface area contributed by atoms with Crippen molar-refractivity contribution in [2.24, 2.45) is 0 Å². The van der Waals surface area contributed by atoms with Crippen molar-refractivity contribution in [2.75, 3.05) is 26.7 Å². The summed E-state index contributed by atoms with van der Waals surface area (Å²) >= 11 is 5.89. The van der Waals surface area contributed by atoms with E-state index in [0.717, 1.165) is 6.54 Å². The second kappa shape index (κ2) is 9.22. The third-order valence-corrected chi connectivity index (χ3v) is 4.27. The second-order valence-electron chi connectivity index (χ2n) is 3.88. The van der Waals surface area contributed by atoms with Gasteiger partial charge in [-0.2, -0.15) is 0 Å². The molecule has 9 heteroatoms. The molecule has 0 saturated carbocycles. The number of ether oxygens (including phenoxy) is 1. The number of hydrogen-bond donors (Lipinski definition) is 2. The minimum Gasteiger partial charge on any atom is -0.465 e. The Labute approximate surface area is 135 Å². The summed E-state index contributed by atoms with van der Waals surface area (Å²) in [5.74, 6) is -0.612. The van der Waals surface area contributed by atoms with Crippen LogP contribution in [-0.2, 0) is 14.8 Å². The van der Waals surface area contributed by atoms with Gasteiger partial charge < -0.3 is 10.1 Å². The summed E-state index contributed by atoms with van der Waals surface area (Å²) in [4.78, 5) is 11.4. The van der Waals surface area contributed by atoms with E-state index < -0.39 is 16.0 Å². The highest BCUT2D eigenvalue weighted by Crippen LogP contribution is 2.21. The van der Waals surface area contributed by atoms with Crippen molar-refractivity contribution in [1.29, 1.82) is 0 Å². The first kappa shape index (κ1) is 20.1. The molecule has 1 aromatic rings. The lowest BCUT2D eigenvalue weighted by atomic mass is 10.2. The molecule has 6 nitrogen and oxygen atoms in total. The van der Waals surface area contributed by atoms with E-state index in [-0.39, 0.29) is 34.4 Å². The van der Waals surface area contributed by atoms with Gasteiger partial charge in [-0.1, -0.05) is 18.5 Å². The smallest absolute Gasteiger partial charge is 0.339 e. The molecule has 0 atom stereocenters. The van der Waals surface area contributed by atoms with Gasteiger partial charge in [0.05, 0.1) is 22.6 Å². The molecule has 1 rings (SSSR count). The first-order chi connectivity index (χ1) is 9.42. The number of sulfonamides is 1. The molecule has 0 aromatic heterocycles. The largest absolute Gasteiger partial charge is 0.465 e. The van der Waals surface area contributed by atoms with Crippen LogP contribution in [0.15, 0.2) is 23.1 Å². The average Bonchev–Trinajstić information content (AvgIpc) is 2.42. The molecular weight excluding hydrogens is 339 g/mol. The molecule has 0 aliphatic heterocycles. The highest BCUT2D eigenvalue weighted by atomic mass is 35.5. The lowest BCUT2D eigenvalue weighted by Gasteiger charge is -2.09. The topological polar surface area (TPSA) is 84.5 Å². The molecule has 0 fully saturated rings. The molecule has 0 aliphatic carbocycles. The van der Waals surface area contributed by atoms with Gasteiger partial charge in [0, 0.05) is 13.1 Å². The third-order valence-electron chi connectivity index (χ3n) is 2.50. The van der Waals surface area contributed by atoms with Crippen molar-refractivity contribution in [3.8, 4) is 0 Å². The number of benzene rings is 1. The fraction of sp³-hybridized carbons (Fsp3) is 0.417. The van der Waals surface area contributed by atoms with Crippen LogP contribution in [0.25, 0.3) is 0 Å². The highest BCUT2D eigenvalue weighted by Gasteiger charge is 2.17. The fourth-order valence-electron chi connectivity index (χ4n) is 1.47. The van der Waals surface area contributed by atoms with E-state index in [2.05, 4.69) is 14.8 Å². The van der Waals surface area contributed by atoms with Crippen molar-refractivity contribution in [1.82, 2.24) is 10.0 Å². The van der Waals surface area contributed by atoms with E-state index in [1.807, 2.05) is 6.92 Å². The summed E-state index contributed by atoms with van der Waals surface area (Å²) in [6.07, 6.45) is 0. The predicted molar refractivity (Wildman–Crippen MR) is 83.8 cm³/mol. The van der Waals surface area contributed by atoms with Crippen LogP contribution in [0.1, 0.15) is 17.3 Å². The maximum Gasteiger partial charge on any atom is 0.339 e. The molecule has 0 aliphatic rings. The first-order valence-electron chi connectivity index (χ1n) is 6.00. The van der Waals surface area contributed by atoms with Gasteiger partial charge in [-0.15, -0.1) is 12.4 Å². The van der Waals surface area contributed by atoms with Crippen LogP contribution in [-0.4, -0.2) is 41.1 Å². The van der Waals surface area contributed by atoms with E-state index in [1.54, 1.807) is 0 Å². The number of likely N-dealkylation sites (N-methyl/N-ethyl adjacent to an activating group) is 1. The highest BCUT2D eigenvalue weighted by molar-refractivity contribution is 7.89. The lowest BCUT2D eigenvalue weighted by molar-refractivity contribution is 0.0601. The van der Waals surface area contributed by atoms with E-state index >= 15 is 0 Å². The Kier molecular flexibility index (Phi) is 8.84. The number of carbonyl (C=O) groups excluding carboxylic acids is 1. The third kappa shape index (κ3) is 5.80. The molecule has 21 heavy (non-hydrogen) atoms. The van der Waals surface area contributed by atoms with Gasteiger partial charge in [0.15, 0.2) is 0 Å². The quantitative estimate of drug-likeness (QED) is 0.570. The van der Waals surface area contributed by atoms with E-state index in [9.17, 15) is 13.2 Å². The summed E-state index contributed by atoms with van der Waals surface area (Å²) in [5.41, 5.74) is 0.126. The Hall–Kier alpha value is -0.860. The minimum absolute atomic E-state index is 0. The predicted octanol–water partition coefficient (Wildman–Crippen LogP) is 1.44. The molecule has 0 heterocycles. The lowest BCUT2D eigenvalue weighted by Crippen LogP contribution is -2.31. The Morgan fingerprint density at radius 3 is 2.52 bits per heavy atom. The zero-order chi connectivity index (χ0) is 15.2. The molecule has 0 radical (unpaired) electrons. The summed E-state index contributed by atoms with van der Waals surface area (Å²) in [6, 6.07) is 3.87. The standard InChI is InChI=1S/C12H17ClN2O4S.ClH/c1-3-14-6-7-15-20(17,18)9-4-5-10(11(13)8-9)12(16)19-2;/h4-5,8,14-15H,3,6-7H2,1-2H3;1H. The van der Waals surface area contributed by atoms with Crippen molar-refractivity contribution >= 4 is 40.0 Å². The average molecular weight is 357 g/mol. The van der Waals surface area contributed by atoms with Crippen molar-refractivity contribution in [3.63, 3.8) is 0 Å². The fourth-order valence-corrected chi connectivity index (χ4v) is 2.85. The Morgan fingerprint density at radius 1 is 1.33 bits per heavy atom. The Morgan fingerprint density at radius 2 is 2.00 bits per heavy atom. The first-order valence-corrected chi connectivity index (χ1v) is 7.86. The van der Waals surface area contributed by atoms with E-state index in [1.165, 1.54) is 25.3 Å². The summed E-state index contributed by atoms with van der Waals surface area (Å²) in [5, 5.41) is 3.03. The van der Waals surface area contributed by atoms with Gasteiger partial charge in [-0.3, -0.25) is 0 Å². The number of esters is 1. The summed E-state index contributed by atoms with van der Waals surface area (Å²) < 4.78 is 30.9. The number of carbonyl (C=O) groups is 1. The summed E-state index contributed by atoms with van der Waals surface area (Å²) in [7, 11) is -2.41. The molecule has 1 aromatic carbocycles. The van der Waals surface area contributed by atoms with Crippen LogP contribution in [0.5, 0.6) is 0 Å². The molecule has 2 N–H and O–H groups in total. The summed E-state index contributed by atoms with van der Waals surface area (Å²) in [6.45, 7) is 3.50. The van der Waals surface area contributed by atoms with Crippen LogP contribution in [0.3, 0.4) is 0 Å². The maximum absolute atomic E-state index is 12.0. The van der Waals surface area contributed by atoms with Gasteiger partial charge in [-0.05, 0) is 24.7 Å². The van der Waals surface area contributed by atoms with Gasteiger partial charge >= 0.3 is 5.97 Å². The molecule has 0 spiro atoms. The molecule has 0 saturated heterocycles. The van der Waals surface area contributed by atoms with Gasteiger partial charge in [0.2, 0.25) is 10.0 Å². The van der Waals surface area contributed by atoms with Crippen LogP contribution in [0.2, 0.25) is 5.02 Å². The van der Waals surface area contributed by atoms with Crippen LogP contribution < -0.4 is 10.0 Å². The van der Waals surface area contributed by atoms with Crippen LogP contribution in [0.4, 0.5) is 0 Å². The number of nitrogens with one attached hydrogen (secondary N) is 2.